The summed E-state index contributed by atoms with van der Waals surface area (Å²) >= 11 is 5.77. The molecular formula is C11H14ClN3O4. The first-order chi connectivity index (χ1) is 8.73. The van der Waals surface area contributed by atoms with Crippen molar-refractivity contribution in [3.05, 3.63) is 32.8 Å². The predicted molar refractivity (Wildman–Crippen MR) is 71.2 cm³/mol. The number of likely N-dealkylation sites (N-methyl/N-ethyl adjacent to an activating group) is 1. The first-order valence-corrected chi connectivity index (χ1v) is 5.78. The van der Waals surface area contributed by atoms with Crippen molar-refractivity contribution in [2.24, 2.45) is 0 Å². The number of nitrogens with zero attached hydrogens (tertiary/aromatic N) is 2. The zero-order chi connectivity index (χ0) is 14.7. The van der Waals surface area contributed by atoms with Crippen LogP contribution in [0.15, 0.2) is 12.1 Å². The fraction of sp³-hybridized carbons (Fsp3) is 0.364. The number of nitro groups is 1. The molecule has 0 saturated carbocycles. The minimum atomic E-state index is -0.718. The molecule has 1 unspecified atom stereocenters. The number of nitrogens with two attached hydrogens (primary N) is 1. The monoisotopic (exact) mass is 287 g/mol. The van der Waals surface area contributed by atoms with Crippen LogP contribution in [-0.4, -0.2) is 40.5 Å². The van der Waals surface area contributed by atoms with E-state index in [1.807, 2.05) is 0 Å². The Balaban J connectivity index is 3.18. The van der Waals surface area contributed by atoms with Crippen molar-refractivity contribution in [3.63, 3.8) is 0 Å². The van der Waals surface area contributed by atoms with Crippen molar-refractivity contribution in [2.45, 2.75) is 13.0 Å². The standard InChI is InChI=1S/C11H14ClN3O4/c1-6(16)5-14(2)11(17)8-3-7(15(18)19)4-9(12)10(8)13/h3-4,6,16H,5,13H2,1-2H3. The number of anilines is 1. The lowest BCUT2D eigenvalue weighted by molar-refractivity contribution is -0.384. The molecule has 0 aliphatic rings. The molecule has 0 spiro atoms. The van der Waals surface area contributed by atoms with E-state index in [2.05, 4.69) is 0 Å². The van der Waals surface area contributed by atoms with Gasteiger partial charge in [0.25, 0.3) is 11.6 Å². The number of non-ortho nitro benzene ring substituents is 1. The maximum Gasteiger partial charge on any atom is 0.271 e. The number of nitro benzene ring substituents is 1. The van der Waals surface area contributed by atoms with E-state index in [1.165, 1.54) is 18.9 Å². The number of nitrogen functional groups attached to an aromatic ring is 1. The van der Waals surface area contributed by atoms with Gasteiger partial charge in [0.1, 0.15) is 0 Å². The number of carbonyl (C=O) groups is 1. The van der Waals surface area contributed by atoms with E-state index in [4.69, 9.17) is 17.3 Å². The van der Waals surface area contributed by atoms with Crippen LogP contribution in [0.1, 0.15) is 17.3 Å². The summed E-state index contributed by atoms with van der Waals surface area (Å²) in [5.41, 5.74) is 5.27. The maximum absolute atomic E-state index is 12.1. The summed E-state index contributed by atoms with van der Waals surface area (Å²) < 4.78 is 0. The van der Waals surface area contributed by atoms with Crippen LogP contribution in [0, 0.1) is 10.1 Å². The Morgan fingerprint density at radius 3 is 2.68 bits per heavy atom. The Hall–Kier alpha value is -1.86. The molecule has 1 aromatic rings. The SMILES string of the molecule is CC(O)CN(C)C(=O)c1cc([N+](=O)[O-])cc(Cl)c1N. The maximum atomic E-state index is 12.1. The van der Waals surface area contributed by atoms with E-state index in [-0.39, 0.29) is 28.5 Å². The third-order valence-electron chi connectivity index (χ3n) is 2.44. The summed E-state index contributed by atoms with van der Waals surface area (Å²) in [4.78, 5) is 23.4. The molecule has 3 N–H and O–H groups in total. The van der Waals surface area contributed by atoms with Crippen LogP contribution >= 0.6 is 11.6 Å². The van der Waals surface area contributed by atoms with Crippen molar-refractivity contribution in [1.82, 2.24) is 4.90 Å². The third kappa shape index (κ3) is 3.55. The van der Waals surface area contributed by atoms with Gasteiger partial charge in [0.05, 0.1) is 27.3 Å². The molecule has 1 rings (SSSR count). The number of hydrogen-bond donors (Lipinski definition) is 2. The lowest BCUT2D eigenvalue weighted by Crippen LogP contribution is -2.33. The summed E-state index contributed by atoms with van der Waals surface area (Å²) in [5, 5.41) is 19.9. The second-order valence-electron chi connectivity index (χ2n) is 4.18. The molecular weight excluding hydrogens is 274 g/mol. The highest BCUT2D eigenvalue weighted by molar-refractivity contribution is 6.34. The minimum absolute atomic E-state index is 0.0188. The topological polar surface area (TPSA) is 110 Å². The first kappa shape index (κ1) is 15.2. The van der Waals surface area contributed by atoms with Crippen LogP contribution < -0.4 is 5.73 Å². The van der Waals surface area contributed by atoms with Crippen LogP contribution in [-0.2, 0) is 0 Å². The van der Waals surface area contributed by atoms with E-state index < -0.39 is 16.9 Å². The number of carbonyl (C=O) groups excluding carboxylic acids is 1. The molecule has 0 aliphatic carbocycles. The van der Waals surface area contributed by atoms with E-state index in [0.717, 1.165) is 12.1 Å². The molecule has 19 heavy (non-hydrogen) atoms. The fourth-order valence-corrected chi connectivity index (χ4v) is 1.78. The number of rotatable bonds is 4. The summed E-state index contributed by atoms with van der Waals surface area (Å²) in [6.07, 6.45) is -0.718. The van der Waals surface area contributed by atoms with E-state index in [9.17, 15) is 20.0 Å². The highest BCUT2D eigenvalue weighted by Gasteiger charge is 2.21. The highest BCUT2D eigenvalue weighted by atomic mass is 35.5. The van der Waals surface area contributed by atoms with E-state index in [0.29, 0.717) is 0 Å². The number of amides is 1. The average molecular weight is 288 g/mol. The molecule has 0 saturated heterocycles. The first-order valence-electron chi connectivity index (χ1n) is 5.41. The Morgan fingerprint density at radius 1 is 1.63 bits per heavy atom. The van der Waals surface area contributed by atoms with Gasteiger partial charge >= 0.3 is 0 Å². The molecule has 104 valence electrons. The van der Waals surface area contributed by atoms with Gasteiger partial charge in [-0.1, -0.05) is 11.6 Å². The Morgan fingerprint density at radius 2 is 2.21 bits per heavy atom. The van der Waals surface area contributed by atoms with Gasteiger partial charge in [0.15, 0.2) is 0 Å². The summed E-state index contributed by atoms with van der Waals surface area (Å²) in [7, 11) is 1.46. The second kappa shape index (κ2) is 5.85. The Bertz CT molecular complexity index is 519. The van der Waals surface area contributed by atoms with Crippen LogP contribution in [0.3, 0.4) is 0 Å². The predicted octanol–water partition coefficient (Wildman–Crippen LogP) is 1.28. The molecule has 7 nitrogen and oxygen atoms in total. The van der Waals surface area contributed by atoms with Crippen LogP contribution in [0.5, 0.6) is 0 Å². The van der Waals surface area contributed by atoms with E-state index >= 15 is 0 Å². The van der Waals surface area contributed by atoms with Gasteiger partial charge in [-0.2, -0.15) is 0 Å². The molecule has 0 aliphatic heterocycles. The minimum Gasteiger partial charge on any atom is -0.397 e. The van der Waals surface area contributed by atoms with Crippen molar-refractivity contribution in [3.8, 4) is 0 Å². The fourth-order valence-electron chi connectivity index (χ4n) is 1.57. The molecule has 1 atom stereocenters. The van der Waals surface area contributed by atoms with Crippen LogP contribution in [0.2, 0.25) is 5.02 Å². The lowest BCUT2D eigenvalue weighted by atomic mass is 10.1. The van der Waals surface area contributed by atoms with E-state index in [1.54, 1.807) is 0 Å². The Labute approximate surface area is 114 Å². The van der Waals surface area contributed by atoms with Gasteiger partial charge in [-0.3, -0.25) is 14.9 Å². The molecule has 0 radical (unpaired) electrons. The number of hydrogen-bond acceptors (Lipinski definition) is 5. The number of halogens is 1. The molecule has 1 amide bonds. The second-order valence-corrected chi connectivity index (χ2v) is 4.59. The molecule has 0 fully saturated rings. The normalized spacial score (nSPS) is 12.0. The molecule has 1 aromatic carbocycles. The van der Waals surface area contributed by atoms with Crippen molar-refractivity contribution in [2.75, 3.05) is 19.3 Å². The van der Waals surface area contributed by atoms with Gasteiger partial charge in [0.2, 0.25) is 0 Å². The zero-order valence-corrected chi connectivity index (χ0v) is 11.2. The van der Waals surface area contributed by atoms with Crippen molar-refractivity contribution in [1.29, 1.82) is 0 Å². The molecule has 0 heterocycles. The van der Waals surface area contributed by atoms with Gasteiger partial charge in [-0.15, -0.1) is 0 Å². The van der Waals surface area contributed by atoms with Gasteiger partial charge in [0, 0.05) is 25.7 Å². The quantitative estimate of drug-likeness (QED) is 0.492. The third-order valence-corrected chi connectivity index (χ3v) is 2.75. The number of aliphatic hydroxyl groups excluding tert-OH is 1. The largest absolute Gasteiger partial charge is 0.397 e. The number of benzene rings is 1. The summed E-state index contributed by atoms with van der Waals surface area (Å²) in [6, 6.07) is 2.16. The lowest BCUT2D eigenvalue weighted by Gasteiger charge is -2.19. The van der Waals surface area contributed by atoms with Gasteiger partial charge in [-0.25, -0.2) is 0 Å². The molecule has 8 heteroatoms. The van der Waals surface area contributed by atoms with Gasteiger partial charge in [-0.05, 0) is 6.92 Å². The van der Waals surface area contributed by atoms with Gasteiger partial charge < -0.3 is 15.7 Å². The number of aliphatic hydroxyl groups is 1. The average Bonchev–Trinajstić information content (AvgIpc) is 2.30. The zero-order valence-electron chi connectivity index (χ0n) is 10.5. The summed E-state index contributed by atoms with van der Waals surface area (Å²) in [5.74, 6) is -0.538. The van der Waals surface area contributed by atoms with Crippen LogP contribution in [0.4, 0.5) is 11.4 Å². The molecule has 0 bridgehead atoms. The van der Waals surface area contributed by atoms with Crippen molar-refractivity contribution >= 4 is 28.9 Å². The molecule has 0 aromatic heterocycles. The highest BCUT2D eigenvalue weighted by Crippen LogP contribution is 2.29. The smallest absolute Gasteiger partial charge is 0.271 e. The summed E-state index contributed by atoms with van der Waals surface area (Å²) in [6.45, 7) is 1.60. The Kier molecular flexibility index (Phi) is 4.68. The van der Waals surface area contributed by atoms with Crippen LogP contribution in [0.25, 0.3) is 0 Å². The van der Waals surface area contributed by atoms with Crippen molar-refractivity contribution < 1.29 is 14.8 Å².